The summed E-state index contributed by atoms with van der Waals surface area (Å²) in [6, 6.07) is 15.1. The number of aromatic nitrogens is 2. The Morgan fingerprint density at radius 3 is 2.48 bits per heavy atom. The third kappa shape index (κ3) is 4.56. The Morgan fingerprint density at radius 2 is 1.85 bits per heavy atom. The maximum Gasteiger partial charge on any atom is 0.269 e. The number of rotatable bonds is 6. The Kier molecular flexibility index (Phi) is 5.58. The van der Waals surface area contributed by atoms with E-state index in [9.17, 15) is 10.1 Å². The maximum atomic E-state index is 10.7. The Bertz CT molecular complexity index is 975. The lowest BCUT2D eigenvalue weighted by Gasteiger charge is -2.07. The van der Waals surface area contributed by atoms with Crippen LogP contribution < -0.4 is 10.2 Å². The Hall–Kier alpha value is -3.52. The third-order valence-electron chi connectivity index (χ3n) is 3.65. The summed E-state index contributed by atoms with van der Waals surface area (Å²) in [6.07, 6.45) is 1.52. The van der Waals surface area contributed by atoms with Crippen LogP contribution in [0.2, 0.25) is 5.15 Å². The molecule has 1 aromatic heterocycles. The van der Waals surface area contributed by atoms with Gasteiger partial charge in [0.2, 0.25) is 0 Å². The van der Waals surface area contributed by atoms with Gasteiger partial charge in [-0.2, -0.15) is 5.10 Å². The van der Waals surface area contributed by atoms with Crippen molar-refractivity contribution in [2.45, 2.75) is 0 Å². The van der Waals surface area contributed by atoms with Crippen molar-refractivity contribution in [3.05, 3.63) is 75.4 Å². The molecular weight excluding hydrogens is 370 g/mol. The highest BCUT2D eigenvalue weighted by atomic mass is 35.5. The average Bonchev–Trinajstić information content (AvgIpc) is 2.70. The van der Waals surface area contributed by atoms with Crippen molar-refractivity contribution in [3.8, 4) is 16.9 Å². The summed E-state index contributed by atoms with van der Waals surface area (Å²) in [4.78, 5) is 10.2. The second-order valence-corrected chi connectivity index (χ2v) is 5.74. The number of ether oxygens (including phenoxy) is 1. The van der Waals surface area contributed by atoms with Gasteiger partial charge in [-0.3, -0.25) is 15.5 Å². The highest BCUT2D eigenvalue weighted by molar-refractivity contribution is 6.32. The second kappa shape index (κ2) is 8.24. The zero-order valence-electron chi connectivity index (χ0n) is 14.2. The van der Waals surface area contributed by atoms with Gasteiger partial charge in [-0.15, -0.1) is 10.2 Å². The van der Waals surface area contributed by atoms with Gasteiger partial charge in [-0.1, -0.05) is 23.7 Å². The quantitative estimate of drug-likeness (QED) is 0.389. The minimum atomic E-state index is -0.455. The molecule has 1 heterocycles. The molecule has 0 radical (unpaired) electrons. The number of nitrogens with zero attached hydrogens (tertiary/aromatic N) is 4. The molecular formula is C18H14ClN5O3. The van der Waals surface area contributed by atoms with Crippen LogP contribution in [-0.4, -0.2) is 28.4 Å². The van der Waals surface area contributed by atoms with Crippen LogP contribution >= 0.6 is 11.6 Å². The molecule has 0 aliphatic rings. The van der Waals surface area contributed by atoms with E-state index in [1.54, 1.807) is 25.3 Å². The minimum absolute atomic E-state index is 0.0211. The van der Waals surface area contributed by atoms with Crippen molar-refractivity contribution >= 4 is 29.3 Å². The Labute approximate surface area is 159 Å². The van der Waals surface area contributed by atoms with Crippen molar-refractivity contribution in [1.29, 1.82) is 0 Å². The number of nitro benzene ring substituents is 1. The van der Waals surface area contributed by atoms with Crippen LogP contribution in [0.15, 0.2) is 59.7 Å². The summed E-state index contributed by atoms with van der Waals surface area (Å²) in [7, 11) is 1.60. The van der Waals surface area contributed by atoms with Gasteiger partial charge in [0.25, 0.3) is 5.69 Å². The van der Waals surface area contributed by atoms with Crippen molar-refractivity contribution in [3.63, 3.8) is 0 Å². The number of hydrazone groups is 1. The van der Waals surface area contributed by atoms with E-state index in [1.165, 1.54) is 18.3 Å². The number of nitrogens with one attached hydrogen (secondary N) is 1. The number of halogens is 1. The summed E-state index contributed by atoms with van der Waals surface area (Å²) >= 11 is 6.15. The number of anilines is 1. The molecule has 0 unspecified atom stereocenters. The van der Waals surface area contributed by atoms with Crippen molar-refractivity contribution in [1.82, 2.24) is 10.2 Å². The van der Waals surface area contributed by atoms with Crippen LogP contribution in [0, 0.1) is 10.1 Å². The smallest absolute Gasteiger partial charge is 0.269 e. The molecule has 0 atom stereocenters. The summed E-state index contributed by atoms with van der Waals surface area (Å²) < 4.78 is 5.14. The molecule has 27 heavy (non-hydrogen) atoms. The third-order valence-corrected chi connectivity index (χ3v) is 3.93. The van der Waals surface area contributed by atoms with Gasteiger partial charge in [0.05, 0.1) is 18.2 Å². The molecule has 0 amide bonds. The molecule has 0 bridgehead atoms. The fourth-order valence-corrected chi connectivity index (χ4v) is 2.46. The average molecular weight is 384 g/mol. The molecule has 136 valence electrons. The molecule has 0 aliphatic carbocycles. The summed E-state index contributed by atoms with van der Waals surface area (Å²) in [6.45, 7) is 0. The number of hydrogen-bond donors (Lipinski definition) is 1. The summed E-state index contributed by atoms with van der Waals surface area (Å²) in [5, 5.41) is 22.9. The standard InChI is InChI=1S/C18H14ClN5O3/c1-27-15-8-4-13(5-9-15)16-10-17(22-23-18(16)19)21-20-11-12-2-6-14(7-3-12)24(25)26/h2-11H,1H3,(H,21,22)/b20-11+. The zero-order valence-corrected chi connectivity index (χ0v) is 14.9. The first-order chi connectivity index (χ1) is 13.1. The van der Waals surface area contributed by atoms with E-state index < -0.39 is 4.92 Å². The molecule has 0 aliphatic heterocycles. The predicted molar refractivity (Wildman–Crippen MR) is 103 cm³/mol. The van der Waals surface area contributed by atoms with Gasteiger partial charge in [0.1, 0.15) is 5.75 Å². The summed E-state index contributed by atoms with van der Waals surface area (Å²) in [5.74, 6) is 1.14. The van der Waals surface area contributed by atoms with Gasteiger partial charge in [-0.05, 0) is 41.5 Å². The molecule has 3 aromatic rings. The molecule has 1 N–H and O–H groups in total. The molecule has 8 nitrogen and oxygen atoms in total. The summed E-state index contributed by atoms with van der Waals surface area (Å²) in [5.41, 5.74) is 5.05. The van der Waals surface area contributed by atoms with Gasteiger partial charge < -0.3 is 4.74 Å². The number of hydrogen-bond acceptors (Lipinski definition) is 7. The highest BCUT2D eigenvalue weighted by Gasteiger charge is 2.08. The van der Waals surface area contributed by atoms with E-state index in [1.807, 2.05) is 24.3 Å². The van der Waals surface area contributed by atoms with Crippen molar-refractivity contribution in [2.75, 3.05) is 12.5 Å². The minimum Gasteiger partial charge on any atom is -0.497 e. The fourth-order valence-electron chi connectivity index (χ4n) is 2.26. The number of methoxy groups -OCH3 is 1. The predicted octanol–water partition coefficient (Wildman–Crippen LogP) is 4.16. The van der Waals surface area contributed by atoms with E-state index in [0.29, 0.717) is 16.9 Å². The molecule has 0 saturated carbocycles. The molecule has 0 saturated heterocycles. The maximum absolute atomic E-state index is 10.7. The first kappa shape index (κ1) is 18.3. The number of benzene rings is 2. The molecule has 2 aromatic carbocycles. The van der Waals surface area contributed by atoms with Gasteiger partial charge in [0.15, 0.2) is 11.0 Å². The van der Waals surface area contributed by atoms with Crippen LogP contribution in [-0.2, 0) is 0 Å². The van der Waals surface area contributed by atoms with E-state index in [-0.39, 0.29) is 10.8 Å². The van der Waals surface area contributed by atoms with Crippen LogP contribution in [0.5, 0.6) is 5.75 Å². The zero-order chi connectivity index (χ0) is 19.2. The molecule has 0 fully saturated rings. The van der Waals surface area contributed by atoms with Crippen LogP contribution in [0.25, 0.3) is 11.1 Å². The van der Waals surface area contributed by atoms with Gasteiger partial charge >= 0.3 is 0 Å². The second-order valence-electron chi connectivity index (χ2n) is 5.38. The van der Waals surface area contributed by atoms with Gasteiger partial charge in [0, 0.05) is 17.7 Å². The van der Waals surface area contributed by atoms with Crippen molar-refractivity contribution in [2.24, 2.45) is 5.10 Å². The molecule has 3 rings (SSSR count). The fraction of sp³-hybridized carbons (Fsp3) is 0.0556. The lowest BCUT2D eigenvalue weighted by atomic mass is 10.1. The van der Waals surface area contributed by atoms with Crippen LogP contribution in [0.4, 0.5) is 11.5 Å². The first-order valence-corrected chi connectivity index (χ1v) is 8.16. The van der Waals surface area contributed by atoms with E-state index in [0.717, 1.165) is 11.3 Å². The lowest BCUT2D eigenvalue weighted by molar-refractivity contribution is -0.384. The largest absolute Gasteiger partial charge is 0.497 e. The lowest BCUT2D eigenvalue weighted by Crippen LogP contribution is -1.97. The SMILES string of the molecule is COc1ccc(-c2cc(N/N=C/c3ccc([N+](=O)[O-])cc3)nnc2Cl)cc1. The van der Waals surface area contributed by atoms with E-state index in [2.05, 4.69) is 20.7 Å². The van der Waals surface area contributed by atoms with Crippen LogP contribution in [0.1, 0.15) is 5.56 Å². The number of nitro groups is 1. The van der Waals surface area contributed by atoms with E-state index >= 15 is 0 Å². The van der Waals surface area contributed by atoms with E-state index in [4.69, 9.17) is 16.3 Å². The topological polar surface area (TPSA) is 103 Å². The normalized spacial score (nSPS) is 10.7. The first-order valence-electron chi connectivity index (χ1n) is 7.78. The highest BCUT2D eigenvalue weighted by Crippen LogP contribution is 2.28. The monoisotopic (exact) mass is 383 g/mol. The van der Waals surface area contributed by atoms with Crippen LogP contribution in [0.3, 0.4) is 0 Å². The molecule has 9 heteroatoms. The molecule has 0 spiro atoms. The van der Waals surface area contributed by atoms with Gasteiger partial charge in [-0.25, -0.2) is 0 Å². The number of non-ortho nitro benzene ring substituents is 1. The van der Waals surface area contributed by atoms with Crippen molar-refractivity contribution < 1.29 is 9.66 Å². The Balaban J connectivity index is 1.74. The Morgan fingerprint density at radius 1 is 1.15 bits per heavy atom.